The molecule has 2 heterocycles. The molecule has 0 saturated carbocycles. The van der Waals surface area contributed by atoms with E-state index in [4.69, 9.17) is 4.74 Å². The molecule has 0 bridgehead atoms. The molecule has 0 aliphatic heterocycles. The van der Waals surface area contributed by atoms with Crippen LogP contribution in [-0.2, 0) is 4.74 Å². The van der Waals surface area contributed by atoms with E-state index in [-0.39, 0.29) is 12.0 Å². The summed E-state index contributed by atoms with van der Waals surface area (Å²) in [4.78, 5) is 32.6. The Hall–Kier alpha value is -3.93. The lowest BCUT2D eigenvalue weighted by molar-refractivity contribution is 0.0372. The van der Waals surface area contributed by atoms with Gasteiger partial charge in [-0.25, -0.2) is 4.79 Å². The first kappa shape index (κ1) is 21.3. The zero-order valence-electron chi connectivity index (χ0n) is 18.5. The van der Waals surface area contributed by atoms with Crippen LogP contribution in [0.1, 0.15) is 45.8 Å². The first-order chi connectivity index (χ1) is 15.3. The summed E-state index contributed by atoms with van der Waals surface area (Å²) in [5.41, 5.74) is 6.12. The Labute approximate surface area is 186 Å². The minimum Gasteiger partial charge on any atom is -0.458 e. The van der Waals surface area contributed by atoms with Gasteiger partial charge in [0.25, 0.3) is 5.91 Å². The summed E-state index contributed by atoms with van der Waals surface area (Å²) in [6, 6.07) is 15.7. The molecule has 0 atom stereocenters. The molecule has 2 aromatic heterocycles. The van der Waals surface area contributed by atoms with Crippen molar-refractivity contribution < 1.29 is 14.3 Å². The highest BCUT2D eigenvalue weighted by molar-refractivity contribution is 6.10. The zero-order valence-corrected chi connectivity index (χ0v) is 18.5. The third kappa shape index (κ3) is 4.39. The lowest BCUT2D eigenvalue weighted by Gasteiger charge is -2.11. The number of pyridine rings is 1. The van der Waals surface area contributed by atoms with E-state index in [0.29, 0.717) is 27.8 Å². The van der Waals surface area contributed by atoms with Crippen molar-refractivity contribution in [3.63, 3.8) is 0 Å². The van der Waals surface area contributed by atoms with Gasteiger partial charge in [0.2, 0.25) is 0 Å². The van der Waals surface area contributed by atoms with Gasteiger partial charge in [-0.05, 0) is 56.5 Å². The summed E-state index contributed by atoms with van der Waals surface area (Å²) < 4.78 is 5.26. The van der Waals surface area contributed by atoms with Gasteiger partial charge in [-0.15, -0.1) is 0 Å². The summed E-state index contributed by atoms with van der Waals surface area (Å²) >= 11 is 0. The number of nitrogens with one attached hydrogen (secondary N) is 2. The molecule has 162 valence electrons. The number of fused-ring (bicyclic) bond motifs is 1. The van der Waals surface area contributed by atoms with E-state index in [1.54, 1.807) is 32.3 Å². The fourth-order valence-corrected chi connectivity index (χ4v) is 3.60. The topological polar surface area (TPSA) is 84.1 Å². The smallest absolute Gasteiger partial charge is 0.355 e. The van der Waals surface area contributed by atoms with Crippen LogP contribution in [0.15, 0.2) is 60.9 Å². The number of aromatic amines is 1. The lowest BCUT2D eigenvalue weighted by atomic mass is 9.98. The maximum Gasteiger partial charge on any atom is 0.355 e. The van der Waals surface area contributed by atoms with Crippen LogP contribution in [0.3, 0.4) is 0 Å². The fraction of sp³-hybridized carbons (Fsp3) is 0.192. The molecule has 0 spiro atoms. The van der Waals surface area contributed by atoms with Gasteiger partial charge in [0, 0.05) is 10.9 Å². The summed E-state index contributed by atoms with van der Waals surface area (Å²) in [5, 5.41) is 3.64. The summed E-state index contributed by atoms with van der Waals surface area (Å²) in [5.74, 6) is -0.686. The monoisotopic (exact) mass is 427 g/mol. The van der Waals surface area contributed by atoms with Crippen LogP contribution in [-0.4, -0.2) is 27.9 Å². The predicted octanol–water partition coefficient (Wildman–Crippen LogP) is 5.66. The predicted molar refractivity (Wildman–Crippen MR) is 126 cm³/mol. The normalized spacial score (nSPS) is 11.0. The van der Waals surface area contributed by atoms with E-state index in [1.807, 2.05) is 50.2 Å². The first-order valence-corrected chi connectivity index (χ1v) is 10.5. The van der Waals surface area contributed by atoms with E-state index in [2.05, 4.69) is 21.4 Å². The number of hydrogen-bond acceptors (Lipinski definition) is 4. The van der Waals surface area contributed by atoms with Crippen LogP contribution < -0.4 is 5.32 Å². The van der Waals surface area contributed by atoms with Crippen molar-refractivity contribution in [3.05, 3.63) is 83.3 Å². The van der Waals surface area contributed by atoms with Gasteiger partial charge < -0.3 is 15.0 Å². The van der Waals surface area contributed by atoms with Crippen LogP contribution in [0.25, 0.3) is 22.0 Å². The van der Waals surface area contributed by atoms with Gasteiger partial charge in [-0.1, -0.05) is 42.0 Å². The van der Waals surface area contributed by atoms with Crippen LogP contribution in [0.4, 0.5) is 5.69 Å². The highest BCUT2D eigenvalue weighted by Crippen LogP contribution is 2.27. The summed E-state index contributed by atoms with van der Waals surface area (Å²) in [6.07, 6.45) is 2.96. The molecule has 2 N–H and O–H groups in total. The molecule has 0 radical (unpaired) electrons. The molecule has 4 aromatic rings. The lowest BCUT2D eigenvalue weighted by Crippen LogP contribution is -2.14. The average molecular weight is 428 g/mol. The van der Waals surface area contributed by atoms with Gasteiger partial charge in [-0.3, -0.25) is 9.78 Å². The Morgan fingerprint density at radius 3 is 2.53 bits per heavy atom. The summed E-state index contributed by atoms with van der Waals surface area (Å²) in [7, 11) is 0. The van der Waals surface area contributed by atoms with Crippen molar-refractivity contribution in [2.75, 3.05) is 5.32 Å². The minimum absolute atomic E-state index is 0.227. The maximum absolute atomic E-state index is 13.2. The molecule has 0 unspecified atom stereocenters. The van der Waals surface area contributed by atoms with Gasteiger partial charge in [0.15, 0.2) is 0 Å². The van der Waals surface area contributed by atoms with E-state index in [9.17, 15) is 9.59 Å². The molecular formula is C26H25N3O3. The van der Waals surface area contributed by atoms with Crippen molar-refractivity contribution >= 4 is 28.5 Å². The number of benzene rings is 2. The number of anilines is 1. The molecule has 6 heteroatoms. The number of aryl methyl sites for hydroxylation is 2. The number of rotatable bonds is 5. The molecule has 0 fully saturated rings. The molecule has 0 aliphatic rings. The van der Waals surface area contributed by atoms with Crippen LogP contribution in [0.5, 0.6) is 0 Å². The maximum atomic E-state index is 13.2. The third-order valence-electron chi connectivity index (χ3n) is 5.19. The average Bonchev–Trinajstić information content (AvgIpc) is 3.19. The number of esters is 1. The molecule has 1 amide bonds. The highest BCUT2D eigenvalue weighted by Gasteiger charge is 2.17. The standard InChI is InChI=1S/C26H25N3O3/c1-15(2)32-26(31)22-12-21-23(28-22)13-27-14-24(21)29-25(30)20-11-19(9-8-17(20)4)18-7-5-6-16(3)10-18/h5-15,28H,1-4H3,(H,29,30). The van der Waals surface area contributed by atoms with Crippen molar-refractivity contribution in [1.82, 2.24) is 9.97 Å². The van der Waals surface area contributed by atoms with E-state index in [1.165, 1.54) is 0 Å². The number of carbonyl (C=O) groups excluding carboxylic acids is 2. The molecule has 0 saturated heterocycles. The number of H-pyrrole nitrogens is 1. The largest absolute Gasteiger partial charge is 0.458 e. The van der Waals surface area contributed by atoms with Crippen molar-refractivity contribution in [2.24, 2.45) is 0 Å². The van der Waals surface area contributed by atoms with Crippen LogP contribution >= 0.6 is 0 Å². The zero-order chi connectivity index (χ0) is 22.8. The number of amides is 1. The Kier molecular flexibility index (Phi) is 5.77. The molecule has 6 nitrogen and oxygen atoms in total. The molecule has 4 rings (SSSR count). The second-order valence-electron chi connectivity index (χ2n) is 8.14. The molecular weight excluding hydrogens is 402 g/mol. The first-order valence-electron chi connectivity index (χ1n) is 10.5. The van der Waals surface area contributed by atoms with Crippen molar-refractivity contribution in [2.45, 2.75) is 33.8 Å². The Bertz CT molecular complexity index is 1320. The summed E-state index contributed by atoms with van der Waals surface area (Å²) in [6.45, 7) is 7.53. The number of hydrogen-bond donors (Lipinski definition) is 2. The van der Waals surface area contributed by atoms with Gasteiger partial charge in [0.1, 0.15) is 5.69 Å². The Morgan fingerprint density at radius 1 is 1.00 bits per heavy atom. The second-order valence-corrected chi connectivity index (χ2v) is 8.14. The van der Waals surface area contributed by atoms with Gasteiger partial charge in [-0.2, -0.15) is 0 Å². The molecule has 32 heavy (non-hydrogen) atoms. The van der Waals surface area contributed by atoms with Crippen molar-refractivity contribution in [3.8, 4) is 11.1 Å². The number of ether oxygens (including phenoxy) is 1. The quantitative estimate of drug-likeness (QED) is 0.402. The van der Waals surface area contributed by atoms with Gasteiger partial charge in [0.05, 0.1) is 29.7 Å². The fourth-order valence-electron chi connectivity index (χ4n) is 3.60. The SMILES string of the molecule is Cc1cccc(-c2ccc(C)c(C(=O)Nc3cncc4[nH]c(C(=O)OC(C)C)cc34)c2)c1. The highest BCUT2D eigenvalue weighted by atomic mass is 16.5. The third-order valence-corrected chi connectivity index (χ3v) is 5.19. The number of aromatic nitrogens is 2. The van der Waals surface area contributed by atoms with E-state index >= 15 is 0 Å². The van der Waals surface area contributed by atoms with Gasteiger partial charge >= 0.3 is 5.97 Å². The Morgan fingerprint density at radius 2 is 1.78 bits per heavy atom. The second kappa shape index (κ2) is 8.67. The van der Waals surface area contributed by atoms with E-state index < -0.39 is 5.97 Å². The Balaban J connectivity index is 1.65. The molecule has 2 aromatic carbocycles. The van der Waals surface area contributed by atoms with Crippen LogP contribution in [0.2, 0.25) is 0 Å². The molecule has 0 aliphatic carbocycles. The van der Waals surface area contributed by atoms with E-state index in [0.717, 1.165) is 22.3 Å². The van der Waals surface area contributed by atoms with Crippen molar-refractivity contribution in [1.29, 1.82) is 0 Å². The number of carbonyl (C=O) groups is 2. The number of nitrogens with zero attached hydrogens (tertiary/aromatic N) is 1. The minimum atomic E-state index is -0.449. The van der Waals surface area contributed by atoms with Crippen LogP contribution in [0, 0.1) is 13.8 Å².